The van der Waals surface area contributed by atoms with Crippen LogP contribution in [0.25, 0.3) is 11.8 Å². The number of hydrogen-bond donors (Lipinski definition) is 0. The Morgan fingerprint density at radius 2 is 1.85 bits per heavy atom. The van der Waals surface area contributed by atoms with E-state index in [0.717, 1.165) is 0 Å². The summed E-state index contributed by atoms with van der Waals surface area (Å²) in [6.07, 6.45) is 2.94. The van der Waals surface area contributed by atoms with Gasteiger partial charge in [0.1, 0.15) is 11.5 Å². The lowest BCUT2D eigenvalue weighted by Crippen LogP contribution is -1.98. The lowest BCUT2D eigenvalue weighted by Gasteiger charge is -2.03. The Balaban J connectivity index is 1.72. The van der Waals surface area contributed by atoms with Gasteiger partial charge in [0, 0.05) is 5.56 Å². The van der Waals surface area contributed by atoms with E-state index < -0.39 is 10.9 Å². The fraction of sp³-hybridized carbons (Fsp3) is 0.105. The summed E-state index contributed by atoms with van der Waals surface area (Å²) in [5.74, 6) is 1.13. The van der Waals surface area contributed by atoms with Gasteiger partial charge in [-0.3, -0.25) is 10.1 Å². The lowest BCUT2D eigenvalue weighted by atomic mass is 10.1. The van der Waals surface area contributed by atoms with Crippen molar-refractivity contribution in [3.05, 3.63) is 69.3 Å². The second kappa shape index (κ2) is 6.49. The van der Waals surface area contributed by atoms with Crippen LogP contribution >= 0.6 is 0 Å². The van der Waals surface area contributed by atoms with Crippen LogP contribution in [-0.4, -0.2) is 24.8 Å². The first-order valence-corrected chi connectivity index (χ1v) is 7.93. The van der Waals surface area contributed by atoms with E-state index in [4.69, 9.17) is 18.9 Å². The molecule has 0 fully saturated rings. The first-order valence-electron chi connectivity index (χ1n) is 7.93. The second-order valence-corrected chi connectivity index (χ2v) is 5.75. The third-order valence-corrected chi connectivity index (χ3v) is 4.13. The van der Waals surface area contributed by atoms with Crippen LogP contribution in [0, 0.1) is 10.1 Å². The minimum atomic E-state index is -0.590. The highest BCUT2D eigenvalue weighted by atomic mass is 16.7. The van der Waals surface area contributed by atoms with Gasteiger partial charge in [0.2, 0.25) is 6.79 Å². The largest absolute Gasteiger partial charge is 0.497 e. The summed E-state index contributed by atoms with van der Waals surface area (Å²) in [7, 11) is 1.56. The van der Waals surface area contributed by atoms with Gasteiger partial charge in [0.15, 0.2) is 11.5 Å². The van der Waals surface area contributed by atoms with Crippen LogP contribution in [0.3, 0.4) is 0 Å². The molecule has 2 heterocycles. The standard InChI is InChI=1S/C19H13NO7/c1-24-14-4-2-11(3-5-14)16-8-13(19(21)27-16)6-12-7-17-18(26-10-25-17)9-15(12)20(22)23/h2-9H,10H2,1H3/b13-6-. The highest BCUT2D eigenvalue weighted by molar-refractivity contribution is 6.05. The van der Waals surface area contributed by atoms with Gasteiger partial charge in [0.25, 0.3) is 5.69 Å². The van der Waals surface area contributed by atoms with Crippen LogP contribution in [0.15, 0.2) is 48.0 Å². The van der Waals surface area contributed by atoms with E-state index in [9.17, 15) is 14.9 Å². The van der Waals surface area contributed by atoms with Gasteiger partial charge in [-0.15, -0.1) is 0 Å². The SMILES string of the molecule is COc1ccc(C2=C/C(=C/c3cc4c(cc3[N+](=O)[O-])OCO4)C(=O)O2)cc1. The van der Waals surface area contributed by atoms with Crippen molar-refractivity contribution in [1.82, 2.24) is 0 Å². The van der Waals surface area contributed by atoms with Crippen LogP contribution < -0.4 is 14.2 Å². The molecule has 0 bridgehead atoms. The molecular weight excluding hydrogens is 354 g/mol. The number of cyclic esters (lactones) is 1. The summed E-state index contributed by atoms with van der Waals surface area (Å²) in [5, 5.41) is 11.4. The smallest absolute Gasteiger partial charge is 0.343 e. The number of benzene rings is 2. The minimum absolute atomic E-state index is 0.00389. The average Bonchev–Trinajstić information content (AvgIpc) is 3.27. The number of nitrogens with zero attached hydrogens (tertiary/aromatic N) is 1. The van der Waals surface area contributed by atoms with E-state index in [2.05, 4.69) is 0 Å². The van der Waals surface area contributed by atoms with Crippen molar-refractivity contribution in [2.45, 2.75) is 0 Å². The predicted octanol–water partition coefficient (Wildman–Crippen LogP) is 3.31. The second-order valence-electron chi connectivity index (χ2n) is 5.75. The number of ether oxygens (including phenoxy) is 4. The highest BCUT2D eigenvalue weighted by Gasteiger charge is 2.26. The molecule has 0 saturated heterocycles. The van der Waals surface area contributed by atoms with Crippen LogP contribution in [0.5, 0.6) is 17.2 Å². The molecule has 2 aliphatic rings. The number of methoxy groups -OCH3 is 1. The normalized spacial score (nSPS) is 16.3. The fourth-order valence-electron chi connectivity index (χ4n) is 2.77. The minimum Gasteiger partial charge on any atom is -0.497 e. The zero-order chi connectivity index (χ0) is 19.0. The Kier molecular flexibility index (Phi) is 4.00. The molecule has 0 amide bonds. The summed E-state index contributed by atoms with van der Waals surface area (Å²) in [6.45, 7) is -0.00389. The van der Waals surface area contributed by atoms with Crippen molar-refractivity contribution in [2.75, 3.05) is 13.9 Å². The fourth-order valence-corrected chi connectivity index (χ4v) is 2.77. The first-order chi connectivity index (χ1) is 13.0. The molecule has 0 aliphatic carbocycles. The van der Waals surface area contributed by atoms with E-state index in [1.807, 2.05) is 0 Å². The van der Waals surface area contributed by atoms with E-state index >= 15 is 0 Å². The van der Waals surface area contributed by atoms with Crippen molar-refractivity contribution in [3.8, 4) is 17.2 Å². The molecule has 0 aromatic heterocycles. The zero-order valence-corrected chi connectivity index (χ0v) is 14.1. The number of carbonyl (C=O) groups is 1. The Morgan fingerprint density at radius 1 is 1.15 bits per heavy atom. The Morgan fingerprint density at radius 3 is 2.52 bits per heavy atom. The average molecular weight is 367 g/mol. The molecule has 8 nitrogen and oxygen atoms in total. The number of rotatable bonds is 4. The molecule has 0 saturated carbocycles. The maximum absolute atomic E-state index is 12.2. The molecule has 0 spiro atoms. The lowest BCUT2D eigenvalue weighted by molar-refractivity contribution is -0.385. The molecule has 2 aliphatic heterocycles. The summed E-state index contributed by atoms with van der Waals surface area (Å²) in [6, 6.07) is 9.75. The number of fused-ring (bicyclic) bond motifs is 1. The quantitative estimate of drug-likeness (QED) is 0.354. The molecule has 0 N–H and O–H groups in total. The van der Waals surface area contributed by atoms with Gasteiger partial charge in [-0.05, 0) is 42.5 Å². The molecule has 8 heteroatoms. The molecule has 136 valence electrons. The van der Waals surface area contributed by atoms with Crippen molar-refractivity contribution < 1.29 is 28.7 Å². The van der Waals surface area contributed by atoms with E-state index in [0.29, 0.717) is 28.6 Å². The van der Waals surface area contributed by atoms with Crippen molar-refractivity contribution in [3.63, 3.8) is 0 Å². The molecular formula is C19H13NO7. The molecule has 2 aromatic rings. The van der Waals surface area contributed by atoms with E-state index in [-0.39, 0.29) is 23.6 Å². The number of hydrogen-bond acceptors (Lipinski definition) is 7. The van der Waals surface area contributed by atoms with E-state index in [1.165, 1.54) is 18.2 Å². The molecule has 2 aromatic carbocycles. The monoisotopic (exact) mass is 367 g/mol. The van der Waals surface area contributed by atoms with Crippen molar-refractivity contribution in [2.24, 2.45) is 0 Å². The Hall–Kier alpha value is -3.81. The summed E-state index contributed by atoms with van der Waals surface area (Å²) in [5.41, 5.74) is 0.921. The van der Waals surface area contributed by atoms with Crippen LogP contribution in [0.4, 0.5) is 5.69 Å². The number of carbonyl (C=O) groups excluding carboxylic acids is 1. The molecule has 0 unspecified atom stereocenters. The summed E-state index contributed by atoms with van der Waals surface area (Å²) in [4.78, 5) is 23.0. The van der Waals surface area contributed by atoms with Crippen molar-refractivity contribution >= 4 is 23.5 Å². The summed E-state index contributed by atoms with van der Waals surface area (Å²) < 4.78 is 20.8. The molecule has 0 radical (unpaired) electrons. The molecule has 27 heavy (non-hydrogen) atoms. The maximum Gasteiger partial charge on any atom is 0.343 e. The number of nitro benzene ring substituents is 1. The molecule has 0 atom stereocenters. The van der Waals surface area contributed by atoms with E-state index in [1.54, 1.807) is 37.5 Å². The molecule has 4 rings (SSSR count). The number of nitro groups is 1. The highest BCUT2D eigenvalue weighted by Crippen LogP contribution is 2.39. The van der Waals surface area contributed by atoms with Gasteiger partial charge in [0.05, 0.1) is 29.2 Å². The zero-order valence-electron chi connectivity index (χ0n) is 14.1. The van der Waals surface area contributed by atoms with Gasteiger partial charge < -0.3 is 18.9 Å². The van der Waals surface area contributed by atoms with Gasteiger partial charge in [-0.1, -0.05) is 0 Å². The third-order valence-electron chi connectivity index (χ3n) is 4.13. The Bertz CT molecular complexity index is 1010. The maximum atomic E-state index is 12.2. The van der Waals surface area contributed by atoms with Gasteiger partial charge >= 0.3 is 5.97 Å². The third kappa shape index (κ3) is 3.08. The van der Waals surface area contributed by atoms with Gasteiger partial charge in [-0.25, -0.2) is 4.79 Å². The van der Waals surface area contributed by atoms with Crippen LogP contribution in [-0.2, 0) is 9.53 Å². The topological polar surface area (TPSA) is 97.1 Å². The number of esters is 1. The van der Waals surface area contributed by atoms with Crippen molar-refractivity contribution in [1.29, 1.82) is 0 Å². The Labute approximate surface area is 153 Å². The van der Waals surface area contributed by atoms with Crippen LogP contribution in [0.1, 0.15) is 11.1 Å². The van der Waals surface area contributed by atoms with Gasteiger partial charge in [-0.2, -0.15) is 0 Å². The predicted molar refractivity (Wildman–Crippen MR) is 94.3 cm³/mol. The van der Waals surface area contributed by atoms with Crippen LogP contribution in [0.2, 0.25) is 0 Å². The first kappa shape index (κ1) is 16.6. The summed E-state index contributed by atoms with van der Waals surface area (Å²) >= 11 is 0.